The number of ether oxygens (including phenoxy) is 3. The smallest absolute Gasteiger partial charge is 0.315 e. The number of nitrogens with one attached hydrogen (secondary N) is 22. The molecule has 34 N–H and O–H groups in total. The second kappa shape index (κ2) is 62.8. The van der Waals surface area contributed by atoms with Crippen LogP contribution < -0.4 is 130 Å². The number of fused-ring (bicyclic) bond motifs is 6. The predicted octanol–water partition coefficient (Wildman–Crippen LogP) is -12.3. The lowest BCUT2D eigenvalue weighted by Crippen LogP contribution is -2.62. The molecule has 3 saturated heterocycles. The van der Waals surface area contributed by atoms with E-state index in [0.717, 1.165) is 25.5 Å². The van der Waals surface area contributed by atoms with E-state index < -0.39 is 249 Å². The Kier molecular flexibility index (Phi) is 50.5. The zero-order valence-electron chi connectivity index (χ0n) is 82.9. The number of primary amides is 2. The standard InChI is InChI=1S/C88H143N35O24S/c1-48-74(132)115-71(49(2)125)85(143)113-62(44-124)83(141)107-54(75(133)100-40-68(128)104-60-37-51-42-121(119-117-51)28-9-6-14-53(73(91)131)106-84(142)64-19-13-30-123(64)70(130)41-101-76(134)59(36-50-39-96-47-102-50)112-79(137)55(15-5-8-24-89)108-80(138)58(111-81(60)139)22-23-66(90)126)16-7-10-29-122-43-52(118-120-122)38-61(82(140)110-57(18-12-26-99-87(94)95)78(136)109-56(77(135)103-48)17-11-25-98-86(92)93)105-69(129)45-147-35-34-146-33-32-145-31-27-97-67(127)21-4-3-20-65-72-63(46-148-65)114-88(144)116-72/h39,42-43,47-49,53-65,71-72,124-125H,3-38,40-41,44-46,89H2,1-2H3,(H2,90,126)(H2,91,131)(H,96,102)(H,97,127)(H,100,133)(H,101,134)(H,103,135)(H,104,128)(H,105,129)(H,106,142)(H,107,141)(H,108,138)(H,109,136)(H,110,140)(H,111,139)(H,112,137)(H,113,143)(H,115,132)(H4,92,93,98)(H4,94,95,99)(H2,114,116,144)/t48-,49?,53-,54-,55-,56-,57-,58-,59-,60-,61-,62-,63+,64-,65?,71-,72+/m0/s1. The first kappa shape index (κ1) is 119. The van der Waals surface area contributed by atoms with E-state index in [9.17, 15) is 96.5 Å². The van der Waals surface area contributed by atoms with Crippen LogP contribution in [0.3, 0.4) is 0 Å². The third-order valence-corrected chi connectivity index (χ3v) is 26.1. The number of imidazole rings is 1. The number of carbonyl (C=O) groups is 19. The van der Waals surface area contributed by atoms with Gasteiger partial charge in [-0.15, -0.1) is 10.2 Å². The highest BCUT2D eigenvalue weighted by molar-refractivity contribution is 8.00. The lowest BCUT2D eigenvalue weighted by molar-refractivity contribution is -0.140. The number of amides is 20. The number of urea groups is 1. The minimum Gasteiger partial charge on any atom is -0.394 e. The van der Waals surface area contributed by atoms with Gasteiger partial charge in [-0.05, 0) is 136 Å². The molecule has 820 valence electrons. The number of carbonyl (C=O) groups excluding carboxylic acids is 19. The van der Waals surface area contributed by atoms with E-state index in [1.165, 1.54) is 46.1 Å². The Labute approximate surface area is 855 Å². The molecule has 0 saturated carbocycles. The van der Waals surface area contributed by atoms with Crippen molar-refractivity contribution in [2.24, 2.45) is 28.7 Å². The van der Waals surface area contributed by atoms with Crippen LogP contribution in [0.2, 0.25) is 0 Å². The van der Waals surface area contributed by atoms with Gasteiger partial charge in [0.05, 0.1) is 94.3 Å². The number of aliphatic hydroxyl groups is 2. The normalized spacial score (nSPS) is 24.7. The molecular formula is C88H143N35O24S. The van der Waals surface area contributed by atoms with Crippen LogP contribution in [0.1, 0.15) is 166 Å². The van der Waals surface area contributed by atoms with Crippen LogP contribution in [0.15, 0.2) is 24.9 Å². The molecule has 17 atom stereocenters. The van der Waals surface area contributed by atoms with E-state index in [0.29, 0.717) is 30.9 Å². The molecule has 4 bridgehead atoms. The molecule has 5 aliphatic rings. The summed E-state index contributed by atoms with van der Waals surface area (Å²) < 4.78 is 19.5. The van der Waals surface area contributed by atoms with Crippen LogP contribution in [0, 0.1) is 10.8 Å². The highest BCUT2D eigenvalue weighted by Crippen LogP contribution is 2.33. The van der Waals surface area contributed by atoms with Crippen molar-refractivity contribution in [1.29, 1.82) is 10.8 Å². The quantitative estimate of drug-likeness (QED) is 0.0109. The van der Waals surface area contributed by atoms with Gasteiger partial charge in [0.25, 0.3) is 0 Å². The Morgan fingerprint density at radius 1 is 0.527 bits per heavy atom. The lowest BCUT2D eigenvalue weighted by atomic mass is 10.0. The van der Waals surface area contributed by atoms with Crippen molar-refractivity contribution < 1.29 is 116 Å². The molecule has 5 aliphatic heterocycles. The van der Waals surface area contributed by atoms with Gasteiger partial charge in [0.2, 0.25) is 106 Å². The fourth-order valence-corrected chi connectivity index (χ4v) is 18.1. The molecule has 0 aliphatic carbocycles. The van der Waals surface area contributed by atoms with E-state index in [1.54, 1.807) is 0 Å². The van der Waals surface area contributed by atoms with Gasteiger partial charge in [-0.25, -0.2) is 9.78 Å². The average Bonchev–Trinajstić information content (AvgIpc) is 1.66. The van der Waals surface area contributed by atoms with E-state index in [-0.39, 0.29) is 210 Å². The summed E-state index contributed by atoms with van der Waals surface area (Å²) in [6.45, 7) is -0.340. The second-order valence-corrected chi connectivity index (χ2v) is 37.6. The van der Waals surface area contributed by atoms with Gasteiger partial charge in [-0.2, -0.15) is 11.8 Å². The fraction of sp³-hybridized carbons (Fsp3) is 0.682. The Balaban J connectivity index is 1.01. The van der Waals surface area contributed by atoms with Crippen molar-refractivity contribution in [2.45, 2.75) is 283 Å². The number of nitrogens with two attached hydrogens (primary N) is 5. The SMILES string of the molecule is CC(O)[C@@H]1NC(=O)[C@H](C)NC(=O)[C@H](CCCNC(=N)N)NC(=O)[C@H](CCCNC(=N)N)NC(=O)[C@@H](NC(=O)COCCOCCOCCNC(=O)CCCCC2SC[C@H]3NC(=O)N[C@@H]23)Cc2cn(nn2)CCCC[C@@H](C(=O)NCC(=O)N[C@H]2Cc3cn(nn3)CCCC[C@@H](C(N)=O)NC(=O)[C@@H]3CCCN3C(=O)CNC(=O)[C@H](Cc3c[nH]cn3)NC(=O)[C@H](CCCCN)NC(=O)[C@H](CCC(N)=O)NC2=O)NC(=O)[C@H](CO)NC1=O. The highest BCUT2D eigenvalue weighted by Gasteiger charge is 2.44. The van der Waals surface area contributed by atoms with Gasteiger partial charge >= 0.3 is 6.03 Å². The zero-order chi connectivity index (χ0) is 108. The van der Waals surface area contributed by atoms with Crippen molar-refractivity contribution in [2.75, 3.05) is 97.8 Å². The molecule has 3 aromatic rings. The number of unbranched alkanes of at least 4 members (excludes halogenated alkanes) is 2. The highest BCUT2D eigenvalue weighted by atomic mass is 32.2. The van der Waals surface area contributed by atoms with Gasteiger partial charge < -0.3 is 164 Å². The first-order valence-corrected chi connectivity index (χ1v) is 50.5. The minimum atomic E-state index is -1.98. The number of aryl methyl sites for hydroxylation is 2. The Morgan fingerprint density at radius 2 is 1.07 bits per heavy atom. The minimum absolute atomic E-state index is 0.00714. The van der Waals surface area contributed by atoms with Crippen molar-refractivity contribution in [3.63, 3.8) is 0 Å². The first-order valence-electron chi connectivity index (χ1n) is 49.5. The molecule has 0 radical (unpaired) electrons. The zero-order valence-corrected chi connectivity index (χ0v) is 83.7. The van der Waals surface area contributed by atoms with Crippen LogP contribution in [0.5, 0.6) is 0 Å². The molecule has 0 aromatic carbocycles. The maximum atomic E-state index is 15.0. The van der Waals surface area contributed by atoms with E-state index in [2.05, 4.69) is 132 Å². The van der Waals surface area contributed by atoms with Gasteiger partial charge in [0.15, 0.2) is 11.9 Å². The summed E-state index contributed by atoms with van der Waals surface area (Å²) >= 11 is 1.81. The van der Waals surface area contributed by atoms with E-state index in [4.69, 9.17) is 53.7 Å². The largest absolute Gasteiger partial charge is 0.394 e. The summed E-state index contributed by atoms with van der Waals surface area (Å²) in [5.41, 5.74) is 28.7. The summed E-state index contributed by atoms with van der Waals surface area (Å²) in [7, 11) is 0. The lowest BCUT2D eigenvalue weighted by Gasteiger charge is -2.27. The number of hydrogen-bond acceptors (Lipinski definition) is 33. The summed E-state index contributed by atoms with van der Waals surface area (Å²) in [5, 5.41) is 103. The maximum Gasteiger partial charge on any atom is 0.315 e. The summed E-state index contributed by atoms with van der Waals surface area (Å²) in [4.78, 5) is 274. The van der Waals surface area contributed by atoms with Crippen LogP contribution in [-0.2, 0) is 133 Å². The second-order valence-electron chi connectivity index (χ2n) is 36.3. The van der Waals surface area contributed by atoms with Crippen LogP contribution in [-0.4, -0.2) is 379 Å². The van der Waals surface area contributed by atoms with E-state index in [1.807, 2.05) is 11.8 Å². The molecule has 148 heavy (non-hydrogen) atoms. The van der Waals surface area contributed by atoms with Gasteiger partial charge in [-0.1, -0.05) is 16.8 Å². The molecule has 2 unspecified atom stereocenters. The fourth-order valence-electron chi connectivity index (χ4n) is 16.6. The topological polar surface area (TPSA) is 892 Å². The molecule has 3 aromatic heterocycles. The number of guanidine groups is 2. The Bertz CT molecular complexity index is 4980. The monoisotopic (exact) mass is 2110 g/mol. The molecule has 59 nitrogen and oxygen atoms in total. The number of aliphatic hydroxyl groups excluding tert-OH is 2. The van der Waals surface area contributed by atoms with Crippen molar-refractivity contribution in [1.82, 2.24) is 146 Å². The number of hydrogen-bond donors (Lipinski definition) is 29. The van der Waals surface area contributed by atoms with Crippen molar-refractivity contribution in [3.05, 3.63) is 42.0 Å². The van der Waals surface area contributed by atoms with Crippen molar-refractivity contribution >= 4 is 136 Å². The molecular weight excluding hydrogens is 1960 g/mol. The Morgan fingerprint density at radius 3 is 1.66 bits per heavy atom. The number of aromatic amines is 1. The molecule has 8 heterocycles. The maximum absolute atomic E-state index is 15.0. The summed E-state index contributed by atoms with van der Waals surface area (Å²) in [6.07, 6.45) is 5.12. The number of aromatic nitrogens is 8. The number of H-pyrrole nitrogens is 1. The summed E-state index contributed by atoms with van der Waals surface area (Å²) in [6, 6.07) is -20.6. The third kappa shape index (κ3) is 41.6. The van der Waals surface area contributed by atoms with E-state index >= 15 is 4.79 Å². The number of thioether (sulfide) groups is 1. The van der Waals surface area contributed by atoms with Gasteiger partial charge in [-0.3, -0.25) is 106 Å². The molecule has 20 amide bonds. The van der Waals surface area contributed by atoms with Gasteiger partial charge in [0, 0.05) is 101 Å². The number of rotatable bonds is 41. The molecule has 3 fully saturated rings. The average molecular weight is 2110 g/mol. The van der Waals surface area contributed by atoms with Crippen LogP contribution >= 0.6 is 11.8 Å². The van der Waals surface area contributed by atoms with Crippen LogP contribution in [0.4, 0.5) is 4.79 Å². The third-order valence-electron chi connectivity index (χ3n) is 24.6. The van der Waals surface area contributed by atoms with Crippen LogP contribution in [0.25, 0.3) is 0 Å². The molecule has 60 heteroatoms. The Hall–Kier alpha value is -14.1. The van der Waals surface area contributed by atoms with Gasteiger partial charge in [0.1, 0.15) is 85.2 Å². The summed E-state index contributed by atoms with van der Waals surface area (Å²) in [5.74, 6) is -17.1. The first-order chi connectivity index (χ1) is 70.8. The number of nitrogens with zero attached hydrogens (tertiary/aromatic N) is 8. The molecule has 8 rings (SSSR count). The predicted molar refractivity (Wildman–Crippen MR) is 524 cm³/mol. The van der Waals surface area contributed by atoms with Crippen molar-refractivity contribution in [3.8, 4) is 0 Å². The molecule has 0 spiro atoms.